The highest BCUT2D eigenvalue weighted by Crippen LogP contribution is 2.35. The Kier molecular flexibility index (Phi) is 4.78. The summed E-state index contributed by atoms with van der Waals surface area (Å²) in [6, 6.07) is 11.1. The predicted octanol–water partition coefficient (Wildman–Crippen LogP) is 3.60. The van der Waals surface area contributed by atoms with Crippen LogP contribution in [-0.4, -0.2) is 26.0 Å². The SMILES string of the molecule is Cc1ccc(NC(=O)c2ccc(N3C(=O)C(C)(C)CS3(=O)=O)cc2)cc1Cl. The first-order chi connectivity index (χ1) is 12.5. The van der Waals surface area contributed by atoms with Crippen molar-refractivity contribution in [2.24, 2.45) is 5.41 Å². The van der Waals surface area contributed by atoms with E-state index in [1.54, 1.807) is 32.0 Å². The summed E-state index contributed by atoms with van der Waals surface area (Å²) < 4.78 is 25.5. The minimum absolute atomic E-state index is 0.223. The van der Waals surface area contributed by atoms with Crippen LogP contribution >= 0.6 is 11.6 Å². The minimum Gasteiger partial charge on any atom is -0.322 e. The molecule has 2 amide bonds. The molecule has 3 rings (SSSR count). The van der Waals surface area contributed by atoms with E-state index in [9.17, 15) is 18.0 Å². The maximum Gasteiger partial charge on any atom is 0.255 e. The monoisotopic (exact) mass is 406 g/mol. The average molecular weight is 407 g/mol. The number of carbonyl (C=O) groups is 2. The van der Waals surface area contributed by atoms with Gasteiger partial charge in [0, 0.05) is 16.3 Å². The Bertz CT molecular complexity index is 1030. The van der Waals surface area contributed by atoms with Gasteiger partial charge in [0.25, 0.3) is 5.91 Å². The lowest BCUT2D eigenvalue weighted by molar-refractivity contribution is -0.123. The third-order valence-corrected chi connectivity index (χ3v) is 6.81. The molecule has 1 fully saturated rings. The lowest BCUT2D eigenvalue weighted by atomic mass is 9.95. The number of aryl methyl sites for hydroxylation is 1. The van der Waals surface area contributed by atoms with Crippen LogP contribution in [0.1, 0.15) is 29.8 Å². The van der Waals surface area contributed by atoms with Crippen molar-refractivity contribution in [1.29, 1.82) is 0 Å². The zero-order valence-corrected chi connectivity index (χ0v) is 16.7. The Hall–Kier alpha value is -2.38. The van der Waals surface area contributed by atoms with E-state index < -0.39 is 21.3 Å². The van der Waals surface area contributed by atoms with E-state index in [0.29, 0.717) is 16.3 Å². The number of nitrogens with one attached hydrogen (secondary N) is 1. The summed E-state index contributed by atoms with van der Waals surface area (Å²) in [7, 11) is -3.72. The van der Waals surface area contributed by atoms with E-state index in [4.69, 9.17) is 11.6 Å². The van der Waals surface area contributed by atoms with Gasteiger partial charge in [0.1, 0.15) is 0 Å². The van der Waals surface area contributed by atoms with Crippen molar-refractivity contribution >= 4 is 44.8 Å². The Morgan fingerprint density at radius 3 is 2.30 bits per heavy atom. The van der Waals surface area contributed by atoms with Gasteiger partial charge in [0.2, 0.25) is 15.9 Å². The quantitative estimate of drug-likeness (QED) is 0.844. The third-order valence-electron chi connectivity index (χ3n) is 4.38. The van der Waals surface area contributed by atoms with E-state index in [1.807, 2.05) is 6.92 Å². The molecule has 1 saturated heterocycles. The molecule has 0 bridgehead atoms. The van der Waals surface area contributed by atoms with Crippen molar-refractivity contribution in [2.45, 2.75) is 20.8 Å². The van der Waals surface area contributed by atoms with Crippen LogP contribution in [0, 0.1) is 12.3 Å². The van der Waals surface area contributed by atoms with E-state index in [1.165, 1.54) is 24.3 Å². The Balaban J connectivity index is 1.82. The van der Waals surface area contributed by atoms with Crippen LogP contribution in [0.5, 0.6) is 0 Å². The molecule has 1 N–H and O–H groups in total. The maximum absolute atomic E-state index is 12.4. The van der Waals surface area contributed by atoms with E-state index in [-0.39, 0.29) is 17.3 Å². The number of rotatable bonds is 3. The summed E-state index contributed by atoms with van der Waals surface area (Å²) >= 11 is 6.05. The molecule has 0 saturated carbocycles. The molecular weight excluding hydrogens is 388 g/mol. The summed E-state index contributed by atoms with van der Waals surface area (Å²) in [5.74, 6) is -1.08. The first-order valence-corrected chi connectivity index (χ1v) is 10.2. The topological polar surface area (TPSA) is 83.6 Å². The zero-order chi connectivity index (χ0) is 20.0. The van der Waals surface area contributed by atoms with Crippen LogP contribution in [0.3, 0.4) is 0 Å². The molecule has 8 heteroatoms. The fourth-order valence-corrected chi connectivity index (χ4v) is 5.17. The van der Waals surface area contributed by atoms with Crippen LogP contribution in [0.2, 0.25) is 5.02 Å². The average Bonchev–Trinajstić information content (AvgIpc) is 2.74. The molecule has 27 heavy (non-hydrogen) atoms. The number of nitrogens with zero attached hydrogens (tertiary/aromatic N) is 1. The molecular formula is C19H19ClN2O4S. The summed E-state index contributed by atoms with van der Waals surface area (Å²) in [5, 5.41) is 3.28. The van der Waals surface area contributed by atoms with Gasteiger partial charge in [0.15, 0.2) is 0 Å². The van der Waals surface area contributed by atoms with Gasteiger partial charge < -0.3 is 5.32 Å². The predicted molar refractivity (Wildman–Crippen MR) is 106 cm³/mol. The van der Waals surface area contributed by atoms with Gasteiger partial charge in [-0.25, -0.2) is 12.7 Å². The van der Waals surface area contributed by atoms with Crippen molar-refractivity contribution in [3.8, 4) is 0 Å². The van der Waals surface area contributed by atoms with Gasteiger partial charge in [-0.1, -0.05) is 17.7 Å². The highest BCUT2D eigenvalue weighted by Gasteiger charge is 2.49. The van der Waals surface area contributed by atoms with Gasteiger partial charge in [-0.15, -0.1) is 0 Å². The Labute approximate surface area is 163 Å². The molecule has 0 atom stereocenters. The Morgan fingerprint density at radius 1 is 1.15 bits per heavy atom. The van der Waals surface area contributed by atoms with E-state index in [0.717, 1.165) is 9.87 Å². The molecule has 0 spiro atoms. The molecule has 1 aliphatic heterocycles. The van der Waals surface area contributed by atoms with Gasteiger partial charge in [0.05, 0.1) is 16.9 Å². The first-order valence-electron chi connectivity index (χ1n) is 8.26. The second-order valence-corrected chi connectivity index (χ2v) is 9.40. The third kappa shape index (κ3) is 3.70. The lowest BCUT2D eigenvalue weighted by Crippen LogP contribution is -2.32. The fourth-order valence-electron chi connectivity index (χ4n) is 2.88. The first kappa shape index (κ1) is 19.4. The van der Waals surface area contributed by atoms with Crippen LogP contribution in [0.25, 0.3) is 0 Å². The number of halogens is 1. The molecule has 1 heterocycles. The van der Waals surface area contributed by atoms with Crippen LogP contribution < -0.4 is 9.62 Å². The molecule has 1 aliphatic rings. The lowest BCUT2D eigenvalue weighted by Gasteiger charge is -2.17. The highest BCUT2D eigenvalue weighted by atomic mass is 35.5. The van der Waals surface area contributed by atoms with Crippen LogP contribution in [0.15, 0.2) is 42.5 Å². The number of carbonyl (C=O) groups excluding carboxylic acids is 2. The zero-order valence-electron chi connectivity index (χ0n) is 15.1. The smallest absolute Gasteiger partial charge is 0.255 e. The number of sulfonamides is 1. The van der Waals surface area contributed by atoms with Gasteiger partial charge in [-0.05, 0) is 62.7 Å². The van der Waals surface area contributed by atoms with Crippen LogP contribution in [-0.2, 0) is 14.8 Å². The van der Waals surface area contributed by atoms with Crippen molar-refractivity contribution in [1.82, 2.24) is 0 Å². The molecule has 2 aromatic carbocycles. The molecule has 0 radical (unpaired) electrons. The molecule has 142 valence electrons. The normalized spacial score (nSPS) is 17.8. The summed E-state index contributed by atoms with van der Waals surface area (Å²) in [6.07, 6.45) is 0. The van der Waals surface area contributed by atoms with Crippen molar-refractivity contribution in [3.05, 3.63) is 58.6 Å². The largest absolute Gasteiger partial charge is 0.322 e. The standard InChI is InChI=1S/C19H19ClN2O4S/c1-12-4-7-14(10-16(12)20)21-17(23)13-5-8-15(9-6-13)22-18(24)19(2,3)11-27(22,25)26/h4-10H,11H2,1-3H3,(H,21,23). The van der Waals surface area contributed by atoms with E-state index >= 15 is 0 Å². The van der Waals surface area contributed by atoms with Crippen LogP contribution in [0.4, 0.5) is 11.4 Å². The second kappa shape index (κ2) is 6.65. The Morgan fingerprint density at radius 2 is 1.78 bits per heavy atom. The second-order valence-electron chi connectivity index (χ2n) is 7.17. The van der Waals surface area contributed by atoms with Gasteiger partial charge >= 0.3 is 0 Å². The van der Waals surface area contributed by atoms with E-state index in [2.05, 4.69) is 5.32 Å². The summed E-state index contributed by atoms with van der Waals surface area (Å²) in [5.41, 5.74) is 1.04. The van der Waals surface area contributed by atoms with Crippen molar-refractivity contribution < 1.29 is 18.0 Å². The molecule has 6 nitrogen and oxygen atoms in total. The maximum atomic E-state index is 12.4. The molecule has 0 aromatic heterocycles. The number of hydrogen-bond donors (Lipinski definition) is 1. The molecule has 0 aliphatic carbocycles. The number of anilines is 2. The summed E-state index contributed by atoms with van der Waals surface area (Å²) in [6.45, 7) is 5.06. The van der Waals surface area contributed by atoms with Crippen molar-refractivity contribution in [3.63, 3.8) is 0 Å². The minimum atomic E-state index is -3.72. The van der Waals surface area contributed by atoms with Gasteiger partial charge in [-0.2, -0.15) is 0 Å². The van der Waals surface area contributed by atoms with Crippen molar-refractivity contribution in [2.75, 3.05) is 15.4 Å². The highest BCUT2D eigenvalue weighted by molar-refractivity contribution is 7.94. The number of amides is 2. The summed E-state index contributed by atoms with van der Waals surface area (Å²) in [4.78, 5) is 24.8. The molecule has 0 unspecified atom stereocenters. The number of benzene rings is 2. The fraction of sp³-hybridized carbons (Fsp3) is 0.263. The number of hydrogen-bond acceptors (Lipinski definition) is 4. The molecule has 2 aromatic rings. The van der Waals surface area contributed by atoms with Gasteiger partial charge in [-0.3, -0.25) is 9.59 Å².